The van der Waals surface area contributed by atoms with Crippen LogP contribution in [0.4, 0.5) is 0 Å². The van der Waals surface area contributed by atoms with Gasteiger partial charge in [-0.1, -0.05) is 6.07 Å². The summed E-state index contributed by atoms with van der Waals surface area (Å²) >= 11 is 0. The molecule has 2 N–H and O–H groups in total. The number of nitrogens with zero attached hydrogens (tertiary/aromatic N) is 3. The summed E-state index contributed by atoms with van der Waals surface area (Å²) in [7, 11) is 0. The maximum atomic E-state index is 12.4. The van der Waals surface area contributed by atoms with Gasteiger partial charge in [0.2, 0.25) is 0 Å². The molecule has 2 heterocycles. The van der Waals surface area contributed by atoms with Crippen molar-refractivity contribution >= 4 is 5.91 Å². The van der Waals surface area contributed by atoms with Gasteiger partial charge in [-0.3, -0.25) is 14.7 Å². The van der Waals surface area contributed by atoms with Crippen LogP contribution in [0.5, 0.6) is 0 Å². The molecular weight excluding hydrogens is 252 g/mol. The summed E-state index contributed by atoms with van der Waals surface area (Å²) in [5.41, 5.74) is 7.02. The SMILES string of the molecule is NCc1ccc(C(=O)N2CCN(CC3CC3)CC2)nc1. The third-order valence-corrected chi connectivity index (χ3v) is 4.15. The van der Waals surface area contributed by atoms with E-state index in [4.69, 9.17) is 5.73 Å². The first-order valence-corrected chi connectivity index (χ1v) is 7.43. The van der Waals surface area contributed by atoms with Gasteiger partial charge >= 0.3 is 0 Å². The third kappa shape index (κ3) is 3.16. The smallest absolute Gasteiger partial charge is 0.272 e. The Morgan fingerprint density at radius 1 is 1.25 bits per heavy atom. The van der Waals surface area contributed by atoms with Gasteiger partial charge in [-0.2, -0.15) is 0 Å². The highest BCUT2D eigenvalue weighted by molar-refractivity contribution is 5.92. The lowest BCUT2D eigenvalue weighted by molar-refractivity contribution is 0.0626. The Hall–Kier alpha value is -1.46. The molecule has 1 aliphatic heterocycles. The third-order valence-electron chi connectivity index (χ3n) is 4.15. The molecule has 3 rings (SSSR count). The van der Waals surface area contributed by atoms with Crippen molar-refractivity contribution in [1.82, 2.24) is 14.8 Å². The minimum Gasteiger partial charge on any atom is -0.335 e. The monoisotopic (exact) mass is 274 g/mol. The Morgan fingerprint density at radius 2 is 2.00 bits per heavy atom. The molecular formula is C15H22N4O. The summed E-state index contributed by atoms with van der Waals surface area (Å²) in [5, 5.41) is 0. The van der Waals surface area contributed by atoms with E-state index in [0.29, 0.717) is 12.2 Å². The molecule has 108 valence electrons. The molecule has 1 amide bonds. The number of pyridine rings is 1. The molecule has 0 spiro atoms. The van der Waals surface area contributed by atoms with Crippen LogP contribution in [0.25, 0.3) is 0 Å². The number of aromatic nitrogens is 1. The van der Waals surface area contributed by atoms with Crippen molar-refractivity contribution in [2.24, 2.45) is 11.7 Å². The van der Waals surface area contributed by atoms with E-state index in [1.54, 1.807) is 12.3 Å². The number of hydrogen-bond donors (Lipinski definition) is 1. The molecule has 1 saturated heterocycles. The molecule has 20 heavy (non-hydrogen) atoms. The Labute approximate surface area is 119 Å². The maximum Gasteiger partial charge on any atom is 0.272 e. The molecule has 1 aliphatic carbocycles. The second-order valence-electron chi connectivity index (χ2n) is 5.79. The Morgan fingerprint density at radius 3 is 2.55 bits per heavy atom. The summed E-state index contributed by atoms with van der Waals surface area (Å²) < 4.78 is 0. The summed E-state index contributed by atoms with van der Waals surface area (Å²) in [6.07, 6.45) is 4.46. The Bertz CT molecular complexity index is 461. The van der Waals surface area contributed by atoms with E-state index < -0.39 is 0 Å². The lowest BCUT2D eigenvalue weighted by atomic mass is 10.2. The summed E-state index contributed by atoms with van der Waals surface area (Å²) in [6.45, 7) is 5.27. The zero-order valence-corrected chi connectivity index (χ0v) is 11.8. The number of nitrogens with two attached hydrogens (primary N) is 1. The van der Waals surface area contributed by atoms with E-state index in [2.05, 4.69) is 9.88 Å². The van der Waals surface area contributed by atoms with Crippen LogP contribution >= 0.6 is 0 Å². The van der Waals surface area contributed by atoms with E-state index in [-0.39, 0.29) is 5.91 Å². The number of carbonyl (C=O) groups is 1. The molecule has 0 unspecified atom stereocenters. The van der Waals surface area contributed by atoms with Crippen LogP contribution < -0.4 is 5.73 Å². The molecule has 5 nitrogen and oxygen atoms in total. The highest BCUT2D eigenvalue weighted by Gasteiger charge is 2.28. The van der Waals surface area contributed by atoms with E-state index in [1.807, 2.05) is 11.0 Å². The van der Waals surface area contributed by atoms with Crippen molar-refractivity contribution in [3.05, 3.63) is 29.6 Å². The van der Waals surface area contributed by atoms with Crippen LogP contribution in [-0.4, -0.2) is 53.4 Å². The predicted octanol–water partition coefficient (Wildman–Crippen LogP) is 0.708. The van der Waals surface area contributed by atoms with Gasteiger partial charge in [-0.25, -0.2) is 0 Å². The normalized spacial score (nSPS) is 20.1. The molecule has 0 bridgehead atoms. The summed E-state index contributed by atoms with van der Waals surface area (Å²) in [6, 6.07) is 3.66. The molecule has 5 heteroatoms. The molecule has 0 aromatic carbocycles. The minimum atomic E-state index is 0.0413. The average molecular weight is 274 g/mol. The van der Waals surface area contributed by atoms with Gasteiger partial charge in [-0.05, 0) is 30.4 Å². The first-order chi connectivity index (χ1) is 9.76. The average Bonchev–Trinajstić information content (AvgIpc) is 3.31. The minimum absolute atomic E-state index is 0.0413. The lowest BCUT2D eigenvalue weighted by Crippen LogP contribution is -2.49. The van der Waals surface area contributed by atoms with Crippen molar-refractivity contribution in [1.29, 1.82) is 0 Å². The van der Waals surface area contributed by atoms with Gasteiger partial charge in [-0.15, -0.1) is 0 Å². The zero-order chi connectivity index (χ0) is 13.9. The number of rotatable bonds is 4. The van der Waals surface area contributed by atoms with Gasteiger partial charge in [0.25, 0.3) is 5.91 Å². The van der Waals surface area contributed by atoms with Crippen LogP contribution in [0, 0.1) is 5.92 Å². The number of hydrogen-bond acceptors (Lipinski definition) is 4. The molecule has 0 atom stereocenters. The van der Waals surface area contributed by atoms with E-state index >= 15 is 0 Å². The van der Waals surface area contributed by atoms with E-state index in [9.17, 15) is 4.79 Å². The maximum absolute atomic E-state index is 12.4. The van der Waals surface area contributed by atoms with Gasteiger partial charge in [0.1, 0.15) is 5.69 Å². The highest BCUT2D eigenvalue weighted by Crippen LogP contribution is 2.29. The van der Waals surface area contributed by atoms with Crippen LogP contribution in [-0.2, 0) is 6.54 Å². The van der Waals surface area contributed by atoms with Crippen molar-refractivity contribution in [3.8, 4) is 0 Å². The van der Waals surface area contributed by atoms with Crippen LogP contribution in [0.15, 0.2) is 18.3 Å². The second-order valence-corrected chi connectivity index (χ2v) is 5.79. The zero-order valence-electron chi connectivity index (χ0n) is 11.8. The van der Waals surface area contributed by atoms with Crippen molar-refractivity contribution in [3.63, 3.8) is 0 Å². The van der Waals surface area contributed by atoms with Gasteiger partial charge in [0.15, 0.2) is 0 Å². The summed E-state index contributed by atoms with van der Waals surface area (Å²) in [5.74, 6) is 0.961. The molecule has 1 aromatic heterocycles. The molecule has 2 fully saturated rings. The van der Waals surface area contributed by atoms with Crippen molar-refractivity contribution in [2.45, 2.75) is 19.4 Å². The standard InChI is InChI=1S/C15H22N4O/c16-9-13-3-4-14(17-10-13)15(20)19-7-5-18(6-8-19)11-12-1-2-12/h3-4,10,12H,1-2,5-9,11,16H2. The highest BCUT2D eigenvalue weighted by atomic mass is 16.2. The van der Waals surface area contributed by atoms with Crippen molar-refractivity contribution < 1.29 is 4.79 Å². The number of piperazine rings is 1. The van der Waals surface area contributed by atoms with Crippen LogP contribution in [0.2, 0.25) is 0 Å². The quantitative estimate of drug-likeness (QED) is 0.878. The molecule has 1 aromatic rings. The van der Waals surface area contributed by atoms with Crippen LogP contribution in [0.3, 0.4) is 0 Å². The van der Waals surface area contributed by atoms with E-state index in [1.165, 1.54) is 19.4 Å². The largest absolute Gasteiger partial charge is 0.335 e. The van der Waals surface area contributed by atoms with Gasteiger partial charge in [0.05, 0.1) is 0 Å². The number of amides is 1. The predicted molar refractivity (Wildman–Crippen MR) is 77.2 cm³/mol. The fourth-order valence-corrected chi connectivity index (χ4v) is 2.63. The number of carbonyl (C=O) groups excluding carboxylic acids is 1. The lowest BCUT2D eigenvalue weighted by Gasteiger charge is -2.34. The first-order valence-electron chi connectivity index (χ1n) is 7.43. The fourth-order valence-electron chi connectivity index (χ4n) is 2.63. The Kier molecular flexibility index (Phi) is 3.98. The Balaban J connectivity index is 1.54. The van der Waals surface area contributed by atoms with Gasteiger partial charge in [0, 0.05) is 45.5 Å². The second kappa shape index (κ2) is 5.89. The summed E-state index contributed by atoms with van der Waals surface area (Å²) in [4.78, 5) is 21.0. The molecule has 0 radical (unpaired) electrons. The first kappa shape index (κ1) is 13.5. The van der Waals surface area contributed by atoms with E-state index in [0.717, 1.165) is 37.7 Å². The topological polar surface area (TPSA) is 62.5 Å². The molecule has 2 aliphatic rings. The van der Waals surface area contributed by atoms with Gasteiger partial charge < -0.3 is 10.6 Å². The van der Waals surface area contributed by atoms with Crippen LogP contribution in [0.1, 0.15) is 28.9 Å². The van der Waals surface area contributed by atoms with Crippen molar-refractivity contribution in [2.75, 3.05) is 32.7 Å². The molecule has 1 saturated carbocycles. The fraction of sp³-hybridized carbons (Fsp3) is 0.600.